The van der Waals surface area contributed by atoms with E-state index in [0.717, 1.165) is 18.2 Å². The number of aromatic hydroxyl groups is 4. The minimum atomic E-state index is -1.61. The Morgan fingerprint density at radius 2 is 1.59 bits per heavy atom. The van der Waals surface area contributed by atoms with Gasteiger partial charge in [-0.15, -0.1) is 0 Å². The maximum atomic E-state index is 12.6. The summed E-state index contributed by atoms with van der Waals surface area (Å²) in [6, 6.07) is 5.72. The average molecular weight is 448 g/mol. The van der Waals surface area contributed by atoms with Crippen LogP contribution in [-0.4, -0.2) is 66.5 Å². The van der Waals surface area contributed by atoms with Gasteiger partial charge in [0.2, 0.25) is 17.5 Å². The molecule has 11 nitrogen and oxygen atoms in total. The van der Waals surface area contributed by atoms with Gasteiger partial charge in [-0.3, -0.25) is 4.79 Å². The Morgan fingerprint density at radius 1 is 0.875 bits per heavy atom. The molecule has 7 N–H and O–H groups in total. The number of ether oxygens (including phenoxy) is 2. The van der Waals surface area contributed by atoms with Crippen LogP contribution in [0.25, 0.3) is 22.3 Å². The first-order chi connectivity index (χ1) is 15.1. The fraction of sp³-hybridized carbons (Fsp3) is 0.286. The number of phenolic OH excluding ortho intramolecular Hbond substituents is 3. The van der Waals surface area contributed by atoms with Crippen LogP contribution < -0.4 is 10.2 Å². The quantitative estimate of drug-likeness (QED) is 0.276. The van der Waals surface area contributed by atoms with Crippen molar-refractivity contribution in [3.63, 3.8) is 0 Å². The Balaban J connectivity index is 1.78. The number of aliphatic hydroxyl groups excluding tert-OH is 3. The van der Waals surface area contributed by atoms with E-state index in [4.69, 9.17) is 13.9 Å². The number of hydrogen-bond acceptors (Lipinski definition) is 11. The van der Waals surface area contributed by atoms with Crippen molar-refractivity contribution in [2.75, 3.05) is 0 Å². The molecule has 170 valence electrons. The summed E-state index contributed by atoms with van der Waals surface area (Å²) >= 11 is 0. The Hall–Kier alpha value is -3.51. The van der Waals surface area contributed by atoms with Gasteiger partial charge < -0.3 is 49.6 Å². The van der Waals surface area contributed by atoms with E-state index in [9.17, 15) is 40.5 Å². The highest BCUT2D eigenvalue weighted by molar-refractivity contribution is 5.88. The minimum Gasteiger partial charge on any atom is -0.507 e. The van der Waals surface area contributed by atoms with Crippen molar-refractivity contribution in [3.8, 4) is 40.1 Å². The molecule has 32 heavy (non-hydrogen) atoms. The maximum absolute atomic E-state index is 12.6. The fourth-order valence-electron chi connectivity index (χ4n) is 3.44. The lowest BCUT2D eigenvalue weighted by Gasteiger charge is -2.38. The lowest BCUT2D eigenvalue weighted by Crippen LogP contribution is -2.58. The number of rotatable bonds is 3. The van der Waals surface area contributed by atoms with Crippen molar-refractivity contribution in [2.24, 2.45) is 0 Å². The van der Waals surface area contributed by atoms with Crippen molar-refractivity contribution in [1.29, 1.82) is 0 Å². The number of hydrogen-bond donors (Lipinski definition) is 7. The summed E-state index contributed by atoms with van der Waals surface area (Å²) < 4.78 is 16.4. The summed E-state index contributed by atoms with van der Waals surface area (Å²) in [6.45, 7) is 1.47. The normalized spacial score (nSPS) is 25.7. The third kappa shape index (κ3) is 3.56. The van der Waals surface area contributed by atoms with Crippen LogP contribution >= 0.6 is 0 Å². The molecule has 1 fully saturated rings. The Bertz CT molecular complexity index is 1230. The molecule has 1 aromatic heterocycles. The van der Waals surface area contributed by atoms with E-state index in [1.807, 2.05) is 0 Å². The van der Waals surface area contributed by atoms with Crippen molar-refractivity contribution in [3.05, 3.63) is 40.6 Å². The highest BCUT2D eigenvalue weighted by atomic mass is 16.7. The minimum absolute atomic E-state index is 0.0691. The lowest BCUT2D eigenvalue weighted by atomic mass is 10.00. The Morgan fingerprint density at radius 3 is 2.28 bits per heavy atom. The summed E-state index contributed by atoms with van der Waals surface area (Å²) in [7, 11) is 0. The summed E-state index contributed by atoms with van der Waals surface area (Å²) in [5.74, 6) is -2.80. The topological polar surface area (TPSA) is 190 Å². The van der Waals surface area contributed by atoms with Gasteiger partial charge >= 0.3 is 0 Å². The van der Waals surface area contributed by atoms with Gasteiger partial charge in [0.15, 0.2) is 17.3 Å². The first kappa shape index (κ1) is 21.7. The molecule has 0 saturated carbocycles. The SMILES string of the molecule is C[C@@H]1O[C@@H](Oc2cc(O)c3c(=O)c(O)c(-c4ccc(O)c(O)c4)oc3c2)[C@H](O)[C@H](O)[C@@H]1O. The summed E-state index contributed by atoms with van der Waals surface area (Å²) in [4.78, 5) is 12.6. The molecule has 4 rings (SSSR count). The predicted molar refractivity (Wildman–Crippen MR) is 108 cm³/mol. The van der Waals surface area contributed by atoms with Gasteiger partial charge in [-0.25, -0.2) is 0 Å². The number of phenols is 3. The summed E-state index contributed by atoms with van der Waals surface area (Å²) in [5, 5.41) is 69.3. The fourth-order valence-corrected chi connectivity index (χ4v) is 3.44. The zero-order valence-electron chi connectivity index (χ0n) is 16.5. The molecule has 3 aromatic rings. The molecule has 1 saturated heterocycles. The van der Waals surface area contributed by atoms with E-state index >= 15 is 0 Å². The van der Waals surface area contributed by atoms with E-state index in [0.29, 0.717) is 0 Å². The molecule has 11 heteroatoms. The molecule has 0 unspecified atom stereocenters. The van der Waals surface area contributed by atoms with Gasteiger partial charge in [0.05, 0.1) is 6.10 Å². The van der Waals surface area contributed by atoms with Crippen LogP contribution in [0.1, 0.15) is 6.92 Å². The maximum Gasteiger partial charge on any atom is 0.238 e. The second-order valence-corrected chi connectivity index (χ2v) is 7.43. The summed E-state index contributed by atoms with van der Waals surface area (Å²) in [6.07, 6.45) is -6.75. The molecule has 2 aromatic carbocycles. The molecule has 0 bridgehead atoms. The molecule has 5 atom stereocenters. The van der Waals surface area contributed by atoms with E-state index in [2.05, 4.69) is 0 Å². The lowest BCUT2D eigenvalue weighted by molar-refractivity contribution is -0.268. The van der Waals surface area contributed by atoms with Crippen molar-refractivity contribution >= 4 is 11.0 Å². The zero-order valence-corrected chi connectivity index (χ0v) is 16.5. The third-order valence-corrected chi connectivity index (χ3v) is 5.22. The molecular weight excluding hydrogens is 428 g/mol. The van der Waals surface area contributed by atoms with E-state index < -0.39 is 59.1 Å². The van der Waals surface area contributed by atoms with Gasteiger partial charge in [-0.05, 0) is 25.1 Å². The first-order valence-corrected chi connectivity index (χ1v) is 9.50. The molecule has 0 amide bonds. The highest BCUT2D eigenvalue weighted by Gasteiger charge is 2.43. The largest absolute Gasteiger partial charge is 0.507 e. The monoisotopic (exact) mass is 448 g/mol. The standard InChI is InChI=1S/C21H20O11/c1-7-15(25)17(27)19(29)21(30-7)31-9-5-12(24)14-13(6-9)32-20(18(28)16(14)26)8-2-3-10(22)11(23)4-8/h2-7,15,17,19,21-25,27-29H,1H3/t7-,15+,17+,19+,21-/m0/s1. The van der Waals surface area contributed by atoms with Crippen LogP contribution in [0.15, 0.2) is 39.5 Å². The van der Waals surface area contributed by atoms with Gasteiger partial charge in [-0.1, -0.05) is 0 Å². The number of fused-ring (bicyclic) bond motifs is 1. The van der Waals surface area contributed by atoms with Crippen LogP contribution in [0, 0.1) is 0 Å². The van der Waals surface area contributed by atoms with Crippen LogP contribution in [-0.2, 0) is 4.74 Å². The van der Waals surface area contributed by atoms with Crippen LogP contribution in [0.2, 0.25) is 0 Å². The molecule has 0 aliphatic carbocycles. The molecule has 0 radical (unpaired) electrons. The second-order valence-electron chi connectivity index (χ2n) is 7.43. The van der Waals surface area contributed by atoms with Crippen LogP contribution in [0.3, 0.4) is 0 Å². The molecular formula is C21H20O11. The van der Waals surface area contributed by atoms with Crippen LogP contribution in [0.5, 0.6) is 28.7 Å². The molecule has 1 aliphatic heterocycles. The van der Waals surface area contributed by atoms with E-state index in [1.165, 1.54) is 19.1 Å². The molecule has 1 aliphatic rings. The number of aliphatic hydroxyl groups is 3. The average Bonchev–Trinajstić information content (AvgIpc) is 2.74. The summed E-state index contributed by atoms with van der Waals surface area (Å²) in [5.41, 5.74) is -1.09. The Labute approximate surface area is 179 Å². The number of benzene rings is 2. The predicted octanol–water partition coefficient (Wildman–Crippen LogP) is 0.489. The second kappa shape index (κ2) is 7.88. The molecule has 0 spiro atoms. The van der Waals surface area contributed by atoms with Crippen molar-refractivity contribution in [2.45, 2.75) is 37.6 Å². The van der Waals surface area contributed by atoms with Crippen molar-refractivity contribution in [1.82, 2.24) is 0 Å². The van der Waals surface area contributed by atoms with E-state index in [1.54, 1.807) is 0 Å². The van der Waals surface area contributed by atoms with Gasteiger partial charge in [0, 0.05) is 17.7 Å². The first-order valence-electron chi connectivity index (χ1n) is 9.50. The van der Waals surface area contributed by atoms with Gasteiger partial charge in [0.1, 0.15) is 40.8 Å². The van der Waals surface area contributed by atoms with Crippen molar-refractivity contribution < 1.29 is 49.6 Å². The van der Waals surface area contributed by atoms with E-state index in [-0.39, 0.29) is 28.0 Å². The smallest absolute Gasteiger partial charge is 0.238 e. The van der Waals surface area contributed by atoms with Crippen LogP contribution in [0.4, 0.5) is 0 Å². The Kier molecular flexibility index (Phi) is 5.34. The zero-order chi connectivity index (χ0) is 23.3. The van der Waals surface area contributed by atoms with Gasteiger partial charge in [0.25, 0.3) is 0 Å². The third-order valence-electron chi connectivity index (χ3n) is 5.22. The highest BCUT2D eigenvalue weighted by Crippen LogP contribution is 2.38. The van der Waals surface area contributed by atoms with Gasteiger partial charge in [-0.2, -0.15) is 0 Å². The molecule has 2 heterocycles.